The van der Waals surface area contributed by atoms with E-state index in [0.29, 0.717) is 5.75 Å². The fraction of sp³-hybridized carbons (Fsp3) is 0.889. The van der Waals surface area contributed by atoms with Crippen LogP contribution in [0.4, 0.5) is 0 Å². The molecule has 0 aliphatic carbocycles. The summed E-state index contributed by atoms with van der Waals surface area (Å²) in [6.07, 6.45) is 6.24. The molecule has 0 aliphatic heterocycles. The Morgan fingerprint density at radius 1 is 1.14 bits per heavy atom. The largest absolute Gasteiger partial charge is 0.229 e. The Hall–Kier alpha value is -0.210. The van der Waals surface area contributed by atoms with E-state index in [1.54, 1.807) is 0 Å². The van der Waals surface area contributed by atoms with Crippen LogP contribution in [0.3, 0.4) is 0 Å². The summed E-state index contributed by atoms with van der Waals surface area (Å²) in [5.74, 6) is 1.20. The second-order valence-electron chi connectivity index (χ2n) is 3.34. The molecule has 0 aliphatic rings. The van der Waals surface area contributed by atoms with Crippen molar-refractivity contribution >= 4 is 21.6 Å². The Balaban J connectivity index is 3.12. The number of nitrogens with zero attached hydrogens (tertiary/aromatic N) is 1. The zero-order valence-corrected chi connectivity index (χ0v) is 10.2. The van der Waals surface area contributed by atoms with Gasteiger partial charge >= 0.3 is 0 Å². The summed E-state index contributed by atoms with van der Waals surface area (Å²) >= 11 is 1.29. The molecule has 0 atom stereocenters. The van der Waals surface area contributed by atoms with Gasteiger partial charge in [-0.15, -0.1) is 0 Å². The van der Waals surface area contributed by atoms with Gasteiger partial charge in [0.25, 0.3) is 0 Å². The van der Waals surface area contributed by atoms with Crippen molar-refractivity contribution in [3.05, 3.63) is 0 Å². The Morgan fingerprint density at radius 2 is 1.71 bits per heavy atom. The molecule has 0 N–H and O–H groups in total. The van der Waals surface area contributed by atoms with Gasteiger partial charge in [-0.1, -0.05) is 19.3 Å². The third kappa shape index (κ3) is 11.8. The first-order valence-electron chi connectivity index (χ1n) is 4.75. The molecule has 3 nitrogen and oxygen atoms in total. The van der Waals surface area contributed by atoms with Crippen molar-refractivity contribution in [1.29, 1.82) is 5.26 Å². The summed E-state index contributed by atoms with van der Waals surface area (Å²) in [6, 6.07) is 0. The Morgan fingerprint density at radius 3 is 2.29 bits per heavy atom. The Labute approximate surface area is 90.8 Å². The summed E-state index contributed by atoms with van der Waals surface area (Å²) in [5.41, 5.74) is 0. The summed E-state index contributed by atoms with van der Waals surface area (Å²) in [6.45, 7) is 0. The van der Waals surface area contributed by atoms with Crippen molar-refractivity contribution in [1.82, 2.24) is 0 Å². The summed E-state index contributed by atoms with van der Waals surface area (Å²) in [5, 5.41) is 10.3. The van der Waals surface area contributed by atoms with E-state index in [1.165, 1.54) is 18.0 Å². The third-order valence-corrected chi connectivity index (χ3v) is 3.48. The van der Waals surface area contributed by atoms with Crippen LogP contribution in [-0.2, 0) is 9.84 Å². The molecule has 0 aromatic carbocycles. The van der Waals surface area contributed by atoms with Gasteiger partial charge in [-0.25, -0.2) is 8.42 Å². The Kier molecular flexibility index (Phi) is 8.01. The van der Waals surface area contributed by atoms with Crippen molar-refractivity contribution in [2.75, 3.05) is 17.8 Å². The second-order valence-corrected chi connectivity index (χ2v) is 6.48. The van der Waals surface area contributed by atoms with Crippen LogP contribution in [0.25, 0.3) is 0 Å². The summed E-state index contributed by atoms with van der Waals surface area (Å²) in [7, 11) is -2.77. The number of thiocyanates is 1. The molecule has 0 rings (SSSR count). The fourth-order valence-corrected chi connectivity index (χ4v) is 2.28. The zero-order chi connectivity index (χ0) is 10.9. The smallest absolute Gasteiger partial charge is 0.147 e. The highest BCUT2D eigenvalue weighted by Gasteiger charge is 2.00. The summed E-state index contributed by atoms with van der Waals surface area (Å²) < 4.78 is 21.5. The van der Waals surface area contributed by atoms with Crippen LogP contribution in [0, 0.1) is 10.7 Å². The SMILES string of the molecule is CS(=O)(=O)CCCCCCCSC#N. The maximum absolute atomic E-state index is 10.8. The highest BCUT2D eigenvalue weighted by atomic mass is 32.2. The molecular formula is C9H17NO2S2. The second kappa shape index (κ2) is 8.13. The van der Waals surface area contributed by atoms with Gasteiger partial charge in [0.1, 0.15) is 15.2 Å². The summed E-state index contributed by atoms with van der Waals surface area (Å²) in [4.78, 5) is 0. The molecule has 0 aromatic rings. The molecule has 14 heavy (non-hydrogen) atoms. The minimum Gasteiger partial charge on any atom is -0.229 e. The van der Waals surface area contributed by atoms with Crippen molar-refractivity contribution in [2.45, 2.75) is 32.1 Å². The van der Waals surface area contributed by atoms with Crippen LogP contribution in [0.5, 0.6) is 0 Å². The van der Waals surface area contributed by atoms with Crippen molar-refractivity contribution in [2.24, 2.45) is 0 Å². The van der Waals surface area contributed by atoms with Crippen LogP contribution in [0.2, 0.25) is 0 Å². The quantitative estimate of drug-likeness (QED) is 0.478. The lowest BCUT2D eigenvalue weighted by Gasteiger charge is -1.99. The Bertz CT molecular complexity index is 267. The molecule has 0 unspecified atom stereocenters. The first-order chi connectivity index (χ1) is 6.56. The molecule has 0 radical (unpaired) electrons. The molecule has 0 fully saturated rings. The van der Waals surface area contributed by atoms with Gasteiger partial charge in [0, 0.05) is 17.8 Å². The number of thioether (sulfide) groups is 1. The predicted octanol–water partition coefficient (Wildman–Crippen LogP) is 2.20. The van der Waals surface area contributed by atoms with E-state index in [1.807, 2.05) is 5.40 Å². The van der Waals surface area contributed by atoms with Gasteiger partial charge in [0.15, 0.2) is 0 Å². The zero-order valence-electron chi connectivity index (χ0n) is 8.53. The first-order valence-corrected chi connectivity index (χ1v) is 7.79. The van der Waals surface area contributed by atoms with Crippen LogP contribution < -0.4 is 0 Å². The number of hydrogen-bond donors (Lipinski definition) is 0. The molecule has 5 heteroatoms. The molecule has 0 saturated heterocycles. The van der Waals surface area contributed by atoms with Crippen LogP contribution in [-0.4, -0.2) is 26.2 Å². The lowest BCUT2D eigenvalue weighted by Crippen LogP contribution is -2.02. The molecule has 0 saturated carbocycles. The maximum Gasteiger partial charge on any atom is 0.147 e. The van der Waals surface area contributed by atoms with E-state index in [4.69, 9.17) is 5.26 Å². The average molecular weight is 235 g/mol. The lowest BCUT2D eigenvalue weighted by molar-refractivity contribution is 0.592. The molecule has 0 aromatic heterocycles. The number of sulfone groups is 1. The van der Waals surface area contributed by atoms with Gasteiger partial charge in [0.2, 0.25) is 0 Å². The molecule has 0 amide bonds. The van der Waals surface area contributed by atoms with Crippen LogP contribution >= 0.6 is 11.8 Å². The molecule has 0 bridgehead atoms. The van der Waals surface area contributed by atoms with Crippen LogP contribution in [0.1, 0.15) is 32.1 Å². The van der Waals surface area contributed by atoms with E-state index in [9.17, 15) is 8.42 Å². The van der Waals surface area contributed by atoms with Gasteiger partial charge in [-0.2, -0.15) is 5.26 Å². The van der Waals surface area contributed by atoms with E-state index in [2.05, 4.69) is 0 Å². The highest BCUT2D eigenvalue weighted by molar-refractivity contribution is 8.03. The lowest BCUT2D eigenvalue weighted by atomic mass is 10.2. The number of unbranched alkanes of at least 4 members (excludes halogenated alkanes) is 4. The topological polar surface area (TPSA) is 57.9 Å². The molecule has 82 valence electrons. The van der Waals surface area contributed by atoms with E-state index >= 15 is 0 Å². The van der Waals surface area contributed by atoms with Gasteiger partial charge < -0.3 is 0 Å². The normalized spacial score (nSPS) is 11.1. The van der Waals surface area contributed by atoms with Crippen molar-refractivity contribution < 1.29 is 8.42 Å². The first kappa shape index (κ1) is 13.8. The number of rotatable bonds is 8. The van der Waals surface area contributed by atoms with Gasteiger partial charge in [0.05, 0.1) is 0 Å². The minimum absolute atomic E-state index is 0.306. The van der Waals surface area contributed by atoms with Crippen molar-refractivity contribution in [3.63, 3.8) is 0 Å². The molecule has 0 spiro atoms. The van der Waals surface area contributed by atoms with Crippen LogP contribution in [0.15, 0.2) is 0 Å². The predicted molar refractivity (Wildman–Crippen MR) is 60.9 cm³/mol. The van der Waals surface area contributed by atoms with E-state index in [0.717, 1.165) is 37.9 Å². The van der Waals surface area contributed by atoms with Gasteiger partial charge in [-0.3, -0.25) is 0 Å². The average Bonchev–Trinajstić information content (AvgIpc) is 2.08. The van der Waals surface area contributed by atoms with Gasteiger partial charge in [-0.05, 0) is 24.6 Å². The van der Waals surface area contributed by atoms with E-state index < -0.39 is 9.84 Å². The standard InChI is InChI=1S/C9H17NO2S2/c1-14(11,12)8-6-4-2-3-5-7-13-9-10/h2-8H2,1H3. The highest BCUT2D eigenvalue weighted by Crippen LogP contribution is 2.08. The number of hydrogen-bond acceptors (Lipinski definition) is 4. The molecule has 0 heterocycles. The molecular weight excluding hydrogens is 218 g/mol. The monoisotopic (exact) mass is 235 g/mol. The third-order valence-electron chi connectivity index (χ3n) is 1.83. The van der Waals surface area contributed by atoms with E-state index in [-0.39, 0.29) is 0 Å². The number of nitriles is 1. The maximum atomic E-state index is 10.8. The fourth-order valence-electron chi connectivity index (χ4n) is 1.11. The minimum atomic E-state index is -2.77. The van der Waals surface area contributed by atoms with Crippen molar-refractivity contribution in [3.8, 4) is 5.40 Å².